The predicted molar refractivity (Wildman–Crippen MR) is 101 cm³/mol. The number of hydrogen-bond donors (Lipinski definition) is 0. The zero-order valence-corrected chi connectivity index (χ0v) is 15.1. The van der Waals surface area contributed by atoms with Crippen LogP contribution in [0, 0.1) is 0 Å². The zero-order valence-electron chi connectivity index (χ0n) is 14.3. The molecule has 0 aliphatic heterocycles. The lowest BCUT2D eigenvalue weighted by Gasteiger charge is -2.16. The van der Waals surface area contributed by atoms with Crippen LogP contribution in [0.3, 0.4) is 0 Å². The number of likely N-dealkylation sites (N-methyl/N-ethyl adjacent to an activating group) is 1. The number of carbonyl (C=O) groups is 1. The third-order valence-electron chi connectivity index (χ3n) is 4.08. The van der Waals surface area contributed by atoms with Gasteiger partial charge in [-0.3, -0.25) is 9.78 Å². The molecular formula is C20H21N3OS. The molecule has 0 atom stereocenters. The van der Waals surface area contributed by atoms with Crippen LogP contribution < -0.4 is 0 Å². The Hall–Kier alpha value is -2.53. The fraction of sp³-hybridized carbons (Fsp3) is 0.250. The molecule has 0 unspecified atom stereocenters. The summed E-state index contributed by atoms with van der Waals surface area (Å²) in [5.74, 6) is 0.156. The Morgan fingerprint density at radius 2 is 1.84 bits per heavy atom. The summed E-state index contributed by atoms with van der Waals surface area (Å²) in [5.41, 5.74) is 3.31. The van der Waals surface area contributed by atoms with Crippen LogP contribution >= 0.6 is 11.3 Å². The number of benzene rings is 1. The first-order valence-electron chi connectivity index (χ1n) is 8.35. The SMILES string of the molecule is CN(CCc1ccncc1)C(=O)CCc1csc(-c2ccccc2)n1. The van der Waals surface area contributed by atoms with E-state index in [1.807, 2.05) is 42.8 Å². The summed E-state index contributed by atoms with van der Waals surface area (Å²) in [4.78, 5) is 22.8. The van der Waals surface area contributed by atoms with Crippen molar-refractivity contribution in [1.82, 2.24) is 14.9 Å². The molecule has 0 bridgehead atoms. The summed E-state index contributed by atoms with van der Waals surface area (Å²) in [6, 6.07) is 14.1. The number of aromatic nitrogens is 2. The minimum atomic E-state index is 0.156. The van der Waals surface area contributed by atoms with Gasteiger partial charge < -0.3 is 4.90 Å². The molecule has 0 fully saturated rings. The second-order valence-corrected chi connectivity index (χ2v) is 6.79. The number of pyridine rings is 1. The lowest BCUT2D eigenvalue weighted by atomic mass is 10.2. The van der Waals surface area contributed by atoms with Gasteiger partial charge in [0.1, 0.15) is 5.01 Å². The van der Waals surface area contributed by atoms with Gasteiger partial charge in [0.25, 0.3) is 0 Å². The van der Waals surface area contributed by atoms with Gasteiger partial charge in [-0.2, -0.15) is 0 Å². The second kappa shape index (κ2) is 8.53. The van der Waals surface area contributed by atoms with Crippen LogP contribution in [0.1, 0.15) is 17.7 Å². The van der Waals surface area contributed by atoms with Crippen molar-refractivity contribution in [3.63, 3.8) is 0 Å². The summed E-state index contributed by atoms with van der Waals surface area (Å²) in [6.07, 6.45) is 5.58. The minimum absolute atomic E-state index is 0.156. The average molecular weight is 351 g/mol. The highest BCUT2D eigenvalue weighted by atomic mass is 32.1. The van der Waals surface area contributed by atoms with E-state index in [0.717, 1.165) is 29.2 Å². The van der Waals surface area contributed by atoms with Crippen LogP contribution in [0.2, 0.25) is 0 Å². The number of rotatable bonds is 7. The molecule has 0 radical (unpaired) electrons. The Morgan fingerprint density at radius 3 is 2.60 bits per heavy atom. The van der Waals surface area contributed by atoms with Crippen molar-refractivity contribution in [2.24, 2.45) is 0 Å². The maximum Gasteiger partial charge on any atom is 0.222 e. The number of amides is 1. The van der Waals surface area contributed by atoms with Crippen LogP contribution in [-0.4, -0.2) is 34.4 Å². The number of hydrogen-bond acceptors (Lipinski definition) is 4. The van der Waals surface area contributed by atoms with E-state index in [0.29, 0.717) is 12.8 Å². The Morgan fingerprint density at radius 1 is 1.08 bits per heavy atom. The Balaban J connectivity index is 1.48. The van der Waals surface area contributed by atoms with Gasteiger partial charge in [-0.25, -0.2) is 4.98 Å². The van der Waals surface area contributed by atoms with Gasteiger partial charge in [0, 0.05) is 43.4 Å². The molecule has 0 N–H and O–H groups in total. The smallest absolute Gasteiger partial charge is 0.222 e. The third kappa shape index (κ3) is 4.97. The van der Waals surface area contributed by atoms with Gasteiger partial charge in [-0.1, -0.05) is 30.3 Å². The average Bonchev–Trinajstić information content (AvgIpc) is 3.15. The van der Waals surface area contributed by atoms with Crippen LogP contribution in [0.15, 0.2) is 60.2 Å². The van der Waals surface area contributed by atoms with Crippen molar-refractivity contribution in [1.29, 1.82) is 0 Å². The van der Waals surface area contributed by atoms with Crippen molar-refractivity contribution in [3.05, 3.63) is 71.5 Å². The number of nitrogens with zero attached hydrogens (tertiary/aromatic N) is 3. The molecule has 5 heteroatoms. The van der Waals surface area contributed by atoms with Gasteiger partial charge in [-0.05, 0) is 30.5 Å². The standard InChI is InChI=1S/C20H21N3OS/c1-23(14-11-16-9-12-21-13-10-16)19(24)8-7-18-15-25-20(22-18)17-5-3-2-4-6-17/h2-6,9-10,12-13,15H,7-8,11,14H2,1H3. The number of carbonyl (C=O) groups excluding carboxylic acids is 1. The monoisotopic (exact) mass is 351 g/mol. The van der Waals surface area contributed by atoms with Crippen molar-refractivity contribution in [3.8, 4) is 10.6 Å². The molecule has 3 rings (SSSR count). The maximum absolute atomic E-state index is 12.3. The summed E-state index contributed by atoms with van der Waals surface area (Å²) < 4.78 is 0. The van der Waals surface area contributed by atoms with Crippen LogP contribution in [0.4, 0.5) is 0 Å². The van der Waals surface area contributed by atoms with Crippen LogP contribution in [-0.2, 0) is 17.6 Å². The van der Waals surface area contributed by atoms with Gasteiger partial charge in [0.2, 0.25) is 5.91 Å². The van der Waals surface area contributed by atoms with E-state index in [4.69, 9.17) is 0 Å². The predicted octanol–water partition coefficient (Wildman–Crippen LogP) is 3.84. The molecular weight excluding hydrogens is 330 g/mol. The maximum atomic E-state index is 12.3. The van der Waals surface area contributed by atoms with Crippen molar-refractivity contribution in [2.45, 2.75) is 19.3 Å². The van der Waals surface area contributed by atoms with Crippen LogP contribution in [0.5, 0.6) is 0 Å². The van der Waals surface area contributed by atoms with E-state index in [2.05, 4.69) is 22.1 Å². The Kier molecular flexibility index (Phi) is 5.90. The van der Waals surface area contributed by atoms with E-state index < -0.39 is 0 Å². The fourth-order valence-corrected chi connectivity index (χ4v) is 3.39. The van der Waals surface area contributed by atoms with E-state index in [9.17, 15) is 4.79 Å². The van der Waals surface area contributed by atoms with E-state index >= 15 is 0 Å². The fourth-order valence-electron chi connectivity index (χ4n) is 2.53. The third-order valence-corrected chi connectivity index (χ3v) is 5.02. The van der Waals surface area contributed by atoms with Gasteiger partial charge in [0.05, 0.1) is 5.69 Å². The highest BCUT2D eigenvalue weighted by molar-refractivity contribution is 7.13. The minimum Gasteiger partial charge on any atom is -0.345 e. The molecule has 3 aromatic rings. The molecule has 0 spiro atoms. The zero-order chi connectivity index (χ0) is 17.5. The first kappa shape index (κ1) is 17.3. The molecule has 2 aromatic heterocycles. The summed E-state index contributed by atoms with van der Waals surface area (Å²) >= 11 is 1.63. The summed E-state index contributed by atoms with van der Waals surface area (Å²) in [5, 5.41) is 3.06. The first-order chi connectivity index (χ1) is 12.2. The summed E-state index contributed by atoms with van der Waals surface area (Å²) in [7, 11) is 1.86. The molecule has 0 saturated carbocycles. The lowest BCUT2D eigenvalue weighted by molar-refractivity contribution is -0.129. The van der Waals surface area contributed by atoms with E-state index in [1.54, 1.807) is 28.6 Å². The molecule has 0 aliphatic carbocycles. The normalized spacial score (nSPS) is 10.6. The molecule has 128 valence electrons. The molecule has 25 heavy (non-hydrogen) atoms. The Labute approximate surface area is 152 Å². The molecule has 0 aliphatic rings. The second-order valence-electron chi connectivity index (χ2n) is 5.93. The molecule has 1 aromatic carbocycles. The molecule has 4 nitrogen and oxygen atoms in total. The quantitative estimate of drug-likeness (QED) is 0.650. The molecule has 0 saturated heterocycles. The Bertz CT molecular complexity index is 802. The highest BCUT2D eigenvalue weighted by Crippen LogP contribution is 2.23. The number of thiazole rings is 1. The number of aryl methyl sites for hydroxylation is 1. The van der Waals surface area contributed by atoms with Crippen molar-refractivity contribution >= 4 is 17.2 Å². The molecule has 2 heterocycles. The van der Waals surface area contributed by atoms with Gasteiger partial charge in [-0.15, -0.1) is 11.3 Å². The largest absolute Gasteiger partial charge is 0.345 e. The van der Waals surface area contributed by atoms with Crippen molar-refractivity contribution < 1.29 is 4.79 Å². The first-order valence-corrected chi connectivity index (χ1v) is 9.23. The summed E-state index contributed by atoms with van der Waals surface area (Å²) in [6.45, 7) is 0.717. The highest BCUT2D eigenvalue weighted by Gasteiger charge is 2.11. The lowest BCUT2D eigenvalue weighted by Crippen LogP contribution is -2.29. The van der Waals surface area contributed by atoms with E-state index in [-0.39, 0.29) is 5.91 Å². The van der Waals surface area contributed by atoms with Gasteiger partial charge in [0.15, 0.2) is 0 Å². The van der Waals surface area contributed by atoms with E-state index in [1.165, 1.54) is 5.56 Å². The van der Waals surface area contributed by atoms with Gasteiger partial charge >= 0.3 is 0 Å². The van der Waals surface area contributed by atoms with Crippen LogP contribution in [0.25, 0.3) is 10.6 Å². The topological polar surface area (TPSA) is 46.1 Å². The molecule has 1 amide bonds. The van der Waals surface area contributed by atoms with Crippen molar-refractivity contribution in [2.75, 3.05) is 13.6 Å².